The second-order valence-corrected chi connectivity index (χ2v) is 11.4. The summed E-state index contributed by atoms with van der Waals surface area (Å²) in [5.41, 5.74) is 3.53. The number of pyridine rings is 2. The van der Waals surface area contributed by atoms with Crippen molar-refractivity contribution in [2.45, 2.75) is 26.7 Å². The van der Waals surface area contributed by atoms with Crippen LogP contribution in [0.25, 0.3) is 27.8 Å². The number of amides is 1. The Labute approximate surface area is 221 Å². The van der Waals surface area contributed by atoms with Gasteiger partial charge in [-0.1, -0.05) is 32.0 Å². The number of hydrogen-bond acceptors (Lipinski definition) is 8. The van der Waals surface area contributed by atoms with Gasteiger partial charge in [0.2, 0.25) is 10.0 Å². The standard InChI is InChI=1S/C27H30N6O4S/c1-4-38(35,36)31-27(34)22-16-21(19-10-11-23(28-17-19)32-12-14-37-15-13-32)24-25(18(2)3)30-33(26(24)29-22)20-8-6-5-7-9-20/h5-11,16-18H,4,12-15H2,1-3H3,(H,31,34). The van der Waals surface area contributed by atoms with Crippen LogP contribution in [-0.4, -0.2) is 66.1 Å². The van der Waals surface area contributed by atoms with Crippen molar-refractivity contribution in [3.63, 3.8) is 0 Å². The predicted octanol–water partition coefficient (Wildman–Crippen LogP) is 3.52. The summed E-state index contributed by atoms with van der Waals surface area (Å²) in [6.07, 6.45) is 1.77. The van der Waals surface area contributed by atoms with Crippen LogP contribution in [0.5, 0.6) is 0 Å². The molecule has 10 nitrogen and oxygen atoms in total. The monoisotopic (exact) mass is 534 g/mol. The Morgan fingerprint density at radius 2 is 1.84 bits per heavy atom. The molecule has 0 unspecified atom stereocenters. The van der Waals surface area contributed by atoms with Gasteiger partial charge in [-0.3, -0.25) is 4.79 Å². The number of hydrogen-bond donors (Lipinski definition) is 1. The number of carbonyl (C=O) groups excluding carboxylic acids is 1. The van der Waals surface area contributed by atoms with Crippen molar-refractivity contribution in [2.24, 2.45) is 0 Å². The molecule has 1 saturated heterocycles. The quantitative estimate of drug-likeness (QED) is 0.383. The van der Waals surface area contributed by atoms with Gasteiger partial charge in [0.15, 0.2) is 5.65 Å². The number of rotatable bonds is 7. The van der Waals surface area contributed by atoms with Crippen molar-refractivity contribution < 1.29 is 17.9 Å². The average Bonchev–Trinajstić information content (AvgIpc) is 3.33. The largest absolute Gasteiger partial charge is 0.378 e. The number of fused-ring (bicyclic) bond motifs is 1. The Bertz CT molecular complexity index is 1560. The van der Waals surface area contributed by atoms with Crippen LogP contribution in [0.15, 0.2) is 54.7 Å². The van der Waals surface area contributed by atoms with Gasteiger partial charge in [-0.2, -0.15) is 5.10 Å². The summed E-state index contributed by atoms with van der Waals surface area (Å²) in [4.78, 5) is 24.6. The highest BCUT2D eigenvalue weighted by molar-refractivity contribution is 7.90. The maximum absolute atomic E-state index is 13.1. The molecule has 1 fully saturated rings. The lowest BCUT2D eigenvalue weighted by Gasteiger charge is -2.27. The lowest BCUT2D eigenvalue weighted by Crippen LogP contribution is -2.36. The number of aromatic nitrogens is 4. The van der Waals surface area contributed by atoms with Gasteiger partial charge in [0.25, 0.3) is 5.91 Å². The van der Waals surface area contributed by atoms with Gasteiger partial charge in [-0.05, 0) is 48.7 Å². The molecule has 5 rings (SSSR count). The molecule has 4 heterocycles. The number of benzene rings is 1. The molecule has 0 radical (unpaired) electrons. The van der Waals surface area contributed by atoms with E-state index in [1.165, 1.54) is 6.92 Å². The SMILES string of the molecule is CCS(=O)(=O)NC(=O)c1cc(-c2ccc(N3CCOCC3)nc2)c2c(C(C)C)nn(-c3ccccc3)c2n1. The van der Waals surface area contributed by atoms with Crippen LogP contribution in [0.4, 0.5) is 5.82 Å². The third-order valence-corrected chi connectivity index (χ3v) is 7.72. The van der Waals surface area contributed by atoms with E-state index in [2.05, 4.69) is 28.5 Å². The van der Waals surface area contributed by atoms with Crippen LogP contribution in [0.2, 0.25) is 0 Å². The first-order valence-corrected chi connectivity index (χ1v) is 14.3. The van der Waals surface area contributed by atoms with Gasteiger partial charge in [0.1, 0.15) is 11.5 Å². The Kier molecular flexibility index (Phi) is 7.13. The number of para-hydroxylation sites is 1. The molecular formula is C27H30N6O4S. The molecule has 0 saturated carbocycles. The minimum atomic E-state index is -3.78. The molecule has 1 amide bonds. The van der Waals surface area contributed by atoms with Crippen LogP contribution < -0.4 is 9.62 Å². The number of ether oxygens (including phenoxy) is 1. The zero-order valence-electron chi connectivity index (χ0n) is 21.6. The number of nitrogens with zero attached hydrogens (tertiary/aromatic N) is 5. The molecule has 0 bridgehead atoms. The molecule has 0 atom stereocenters. The van der Waals surface area contributed by atoms with E-state index in [1.807, 2.05) is 42.5 Å². The van der Waals surface area contributed by atoms with E-state index in [9.17, 15) is 13.2 Å². The zero-order valence-corrected chi connectivity index (χ0v) is 22.4. The first-order chi connectivity index (χ1) is 18.3. The Morgan fingerprint density at radius 1 is 1.11 bits per heavy atom. The topological polar surface area (TPSA) is 119 Å². The molecule has 11 heteroatoms. The summed E-state index contributed by atoms with van der Waals surface area (Å²) in [6, 6.07) is 15.1. The van der Waals surface area contributed by atoms with Crippen molar-refractivity contribution >= 4 is 32.8 Å². The summed E-state index contributed by atoms with van der Waals surface area (Å²) in [6.45, 7) is 8.42. The fourth-order valence-electron chi connectivity index (χ4n) is 4.43. The van der Waals surface area contributed by atoms with E-state index >= 15 is 0 Å². The van der Waals surface area contributed by atoms with E-state index in [0.29, 0.717) is 24.4 Å². The second kappa shape index (κ2) is 10.5. The van der Waals surface area contributed by atoms with Crippen molar-refractivity contribution in [1.82, 2.24) is 24.5 Å². The summed E-state index contributed by atoms with van der Waals surface area (Å²) in [5.74, 6) is -0.109. The summed E-state index contributed by atoms with van der Waals surface area (Å²) in [5, 5.41) is 5.68. The normalized spacial score (nSPS) is 14.3. The van der Waals surface area contributed by atoms with Gasteiger partial charge in [-0.25, -0.2) is 27.8 Å². The van der Waals surface area contributed by atoms with Gasteiger partial charge in [0.05, 0.1) is 35.7 Å². The maximum Gasteiger partial charge on any atom is 0.283 e. The number of carbonyl (C=O) groups is 1. The maximum atomic E-state index is 13.1. The highest BCUT2D eigenvalue weighted by Gasteiger charge is 2.25. The van der Waals surface area contributed by atoms with Crippen LogP contribution in [0.3, 0.4) is 0 Å². The first-order valence-electron chi connectivity index (χ1n) is 12.6. The Hall–Kier alpha value is -3.83. The number of sulfonamides is 1. The summed E-state index contributed by atoms with van der Waals surface area (Å²) >= 11 is 0. The van der Waals surface area contributed by atoms with E-state index in [1.54, 1.807) is 16.9 Å². The predicted molar refractivity (Wildman–Crippen MR) is 146 cm³/mol. The van der Waals surface area contributed by atoms with Gasteiger partial charge in [-0.15, -0.1) is 0 Å². The third kappa shape index (κ3) is 5.11. The Balaban J connectivity index is 1.71. The van der Waals surface area contributed by atoms with Crippen molar-refractivity contribution in [3.05, 3.63) is 66.1 Å². The van der Waals surface area contributed by atoms with Crippen molar-refractivity contribution in [3.8, 4) is 16.8 Å². The van der Waals surface area contributed by atoms with E-state index < -0.39 is 15.9 Å². The molecule has 1 aromatic carbocycles. The fourth-order valence-corrected chi connectivity index (χ4v) is 4.96. The number of morpholine rings is 1. The lowest BCUT2D eigenvalue weighted by atomic mass is 9.98. The molecule has 4 aromatic rings. The third-order valence-electron chi connectivity index (χ3n) is 6.47. The molecule has 38 heavy (non-hydrogen) atoms. The highest BCUT2D eigenvalue weighted by atomic mass is 32.2. The molecule has 0 aliphatic carbocycles. The minimum absolute atomic E-state index is 0.0193. The zero-order chi connectivity index (χ0) is 26.9. The summed E-state index contributed by atoms with van der Waals surface area (Å²) < 4.78 is 33.6. The second-order valence-electron chi connectivity index (χ2n) is 9.38. The van der Waals surface area contributed by atoms with Crippen LogP contribution in [-0.2, 0) is 14.8 Å². The average molecular weight is 535 g/mol. The molecule has 1 N–H and O–H groups in total. The van der Waals surface area contributed by atoms with E-state index in [0.717, 1.165) is 41.2 Å². The number of nitrogens with one attached hydrogen (secondary N) is 1. The minimum Gasteiger partial charge on any atom is -0.378 e. The van der Waals surface area contributed by atoms with Crippen molar-refractivity contribution in [1.29, 1.82) is 0 Å². The van der Waals surface area contributed by atoms with E-state index in [4.69, 9.17) is 14.8 Å². The van der Waals surface area contributed by atoms with Gasteiger partial charge in [0, 0.05) is 24.8 Å². The van der Waals surface area contributed by atoms with Crippen LogP contribution in [0.1, 0.15) is 42.9 Å². The molecule has 1 aliphatic heterocycles. The first kappa shape index (κ1) is 25.8. The molecule has 3 aromatic heterocycles. The van der Waals surface area contributed by atoms with Gasteiger partial charge < -0.3 is 9.64 Å². The smallest absolute Gasteiger partial charge is 0.283 e. The van der Waals surface area contributed by atoms with E-state index in [-0.39, 0.29) is 17.4 Å². The number of anilines is 1. The molecular weight excluding hydrogens is 504 g/mol. The van der Waals surface area contributed by atoms with Crippen LogP contribution >= 0.6 is 0 Å². The molecule has 1 aliphatic rings. The highest BCUT2D eigenvalue weighted by Crippen LogP contribution is 2.35. The lowest BCUT2D eigenvalue weighted by molar-refractivity contribution is 0.0977. The molecule has 0 spiro atoms. The Morgan fingerprint density at radius 3 is 2.47 bits per heavy atom. The van der Waals surface area contributed by atoms with Crippen molar-refractivity contribution in [2.75, 3.05) is 37.0 Å². The van der Waals surface area contributed by atoms with Crippen LogP contribution in [0, 0.1) is 0 Å². The molecule has 198 valence electrons. The fraction of sp³-hybridized carbons (Fsp3) is 0.333. The van der Waals surface area contributed by atoms with Gasteiger partial charge >= 0.3 is 0 Å². The summed E-state index contributed by atoms with van der Waals surface area (Å²) in [7, 11) is -3.78.